The summed E-state index contributed by atoms with van der Waals surface area (Å²) in [7, 11) is 0. The summed E-state index contributed by atoms with van der Waals surface area (Å²) in [4.78, 5) is 34.8. The molecule has 0 N–H and O–H groups in total. The maximum atomic E-state index is 12.7. The molecule has 0 spiro atoms. The molecule has 0 aliphatic carbocycles. The zero-order chi connectivity index (χ0) is 17.9. The number of aromatic carboxylic acids is 2. The maximum Gasteiger partial charge on any atom is 0.193 e. The molecule has 0 aliphatic heterocycles. The molecule has 0 aliphatic rings. The summed E-state index contributed by atoms with van der Waals surface area (Å²) in [5.41, 5.74) is 2.10. The second-order valence-electron chi connectivity index (χ2n) is 5.31. The average molecular weight is 324 g/mol. The first-order valence-electron chi connectivity index (χ1n) is 7.62. The number of carbonyl (C=O) groups is 3. The molecule has 5 heteroatoms. The van der Waals surface area contributed by atoms with Crippen LogP contribution in [0.4, 0.5) is 0 Å². The molecule has 0 saturated heterocycles. The van der Waals surface area contributed by atoms with Gasteiger partial charge in [0.1, 0.15) is 0 Å². The third-order valence-electron chi connectivity index (χ3n) is 3.99. The van der Waals surface area contributed by atoms with E-state index in [1.54, 1.807) is 0 Å². The van der Waals surface area contributed by atoms with Gasteiger partial charge in [-0.3, -0.25) is 4.79 Å². The molecular weight excluding hydrogens is 308 g/mol. The number of carbonyl (C=O) groups excluding carboxylic acids is 3. The van der Waals surface area contributed by atoms with Crippen LogP contribution in [0.5, 0.6) is 0 Å². The summed E-state index contributed by atoms with van der Waals surface area (Å²) in [6.07, 6.45) is 0.972. The molecule has 0 fully saturated rings. The first-order valence-corrected chi connectivity index (χ1v) is 7.62. The Balaban J connectivity index is 2.53. The van der Waals surface area contributed by atoms with Crippen LogP contribution in [-0.2, 0) is 12.8 Å². The van der Waals surface area contributed by atoms with Gasteiger partial charge in [0.15, 0.2) is 5.78 Å². The fraction of sp³-hybridized carbons (Fsp3) is 0.211. The van der Waals surface area contributed by atoms with Crippen LogP contribution >= 0.6 is 0 Å². The average Bonchev–Trinajstić information content (AvgIpc) is 2.59. The van der Waals surface area contributed by atoms with E-state index in [0.717, 1.165) is 0 Å². The number of hydrogen-bond acceptors (Lipinski definition) is 5. The summed E-state index contributed by atoms with van der Waals surface area (Å²) in [6, 6.07) is 8.33. The van der Waals surface area contributed by atoms with Crippen molar-refractivity contribution in [2.24, 2.45) is 0 Å². The van der Waals surface area contributed by atoms with E-state index < -0.39 is 11.9 Å². The number of ketones is 1. The molecule has 2 rings (SSSR count). The Morgan fingerprint density at radius 2 is 1.17 bits per heavy atom. The number of rotatable bonds is 6. The molecule has 124 valence electrons. The van der Waals surface area contributed by atoms with Crippen molar-refractivity contribution >= 4 is 17.7 Å². The van der Waals surface area contributed by atoms with E-state index in [2.05, 4.69) is 0 Å². The van der Waals surface area contributed by atoms with Gasteiger partial charge in [0, 0.05) is 16.7 Å². The van der Waals surface area contributed by atoms with E-state index in [4.69, 9.17) is 0 Å². The molecule has 0 bridgehead atoms. The molecule has 24 heavy (non-hydrogen) atoms. The van der Waals surface area contributed by atoms with Crippen LogP contribution < -0.4 is 10.2 Å². The Kier molecular flexibility index (Phi) is 5.14. The zero-order valence-electron chi connectivity index (χ0n) is 13.4. The van der Waals surface area contributed by atoms with Gasteiger partial charge in [-0.15, -0.1) is 0 Å². The van der Waals surface area contributed by atoms with E-state index in [1.807, 2.05) is 13.8 Å². The highest BCUT2D eigenvalue weighted by molar-refractivity contribution is 6.11. The molecule has 2 aromatic rings. The van der Waals surface area contributed by atoms with Crippen LogP contribution in [0.3, 0.4) is 0 Å². The third kappa shape index (κ3) is 3.20. The van der Waals surface area contributed by atoms with Gasteiger partial charge in [-0.1, -0.05) is 50.2 Å². The molecule has 0 amide bonds. The molecule has 2 aromatic carbocycles. The Bertz CT molecular complexity index is 803. The van der Waals surface area contributed by atoms with Crippen molar-refractivity contribution in [2.75, 3.05) is 0 Å². The minimum absolute atomic E-state index is 0.0104. The Morgan fingerprint density at radius 3 is 1.62 bits per heavy atom. The van der Waals surface area contributed by atoms with Gasteiger partial charge in [0.25, 0.3) is 0 Å². The second-order valence-corrected chi connectivity index (χ2v) is 5.31. The molecule has 0 atom stereocenters. The summed E-state index contributed by atoms with van der Waals surface area (Å²) >= 11 is 0. The SMILES string of the molecule is CCc1c(C(=O)[O-])ccc(C(=O)c2ccc(C(=O)[O-])cc2)c1CC. The van der Waals surface area contributed by atoms with Gasteiger partial charge in [-0.2, -0.15) is 0 Å². The summed E-state index contributed by atoms with van der Waals surface area (Å²) in [5.74, 6) is -2.86. The number of benzene rings is 2. The van der Waals surface area contributed by atoms with E-state index in [1.165, 1.54) is 36.4 Å². The van der Waals surface area contributed by atoms with E-state index in [-0.39, 0.29) is 16.9 Å². The monoisotopic (exact) mass is 324 g/mol. The molecule has 0 aromatic heterocycles. The number of hydrogen-bond donors (Lipinski definition) is 0. The molecule has 0 saturated carbocycles. The zero-order valence-corrected chi connectivity index (χ0v) is 13.4. The predicted molar refractivity (Wildman–Crippen MR) is 83.7 cm³/mol. The number of carboxylic acid groups (broad SMARTS) is 2. The highest BCUT2D eigenvalue weighted by Gasteiger charge is 2.18. The van der Waals surface area contributed by atoms with E-state index in [0.29, 0.717) is 35.1 Å². The maximum absolute atomic E-state index is 12.7. The van der Waals surface area contributed by atoms with Crippen LogP contribution in [0.15, 0.2) is 36.4 Å². The van der Waals surface area contributed by atoms with Crippen molar-refractivity contribution in [1.82, 2.24) is 0 Å². The van der Waals surface area contributed by atoms with Gasteiger partial charge in [-0.05, 0) is 29.5 Å². The molecule has 5 nitrogen and oxygen atoms in total. The van der Waals surface area contributed by atoms with Gasteiger partial charge in [-0.25, -0.2) is 0 Å². The van der Waals surface area contributed by atoms with Crippen molar-refractivity contribution in [2.45, 2.75) is 26.7 Å². The first kappa shape index (κ1) is 17.4. The summed E-state index contributed by atoms with van der Waals surface area (Å²) in [6.45, 7) is 3.67. The highest BCUT2D eigenvalue weighted by atomic mass is 16.4. The third-order valence-corrected chi connectivity index (χ3v) is 3.99. The molecular formula is C19H16O5-2. The standard InChI is InChI=1S/C19H18O5/c1-3-13-14(4-2)16(19(23)24)10-9-15(13)17(20)11-5-7-12(8-6-11)18(21)22/h5-10H,3-4H2,1-2H3,(H,21,22)(H,23,24)/p-2. The second kappa shape index (κ2) is 7.08. The van der Waals surface area contributed by atoms with E-state index >= 15 is 0 Å². The normalized spacial score (nSPS) is 10.4. The predicted octanol–water partition coefficient (Wildman–Crippen LogP) is 0.769. The smallest absolute Gasteiger partial charge is 0.193 e. The quantitative estimate of drug-likeness (QED) is 0.731. The largest absolute Gasteiger partial charge is 0.545 e. The van der Waals surface area contributed by atoms with Gasteiger partial charge in [0.05, 0.1) is 11.9 Å². The van der Waals surface area contributed by atoms with Crippen LogP contribution in [0.2, 0.25) is 0 Å². The Morgan fingerprint density at radius 1 is 0.708 bits per heavy atom. The van der Waals surface area contributed by atoms with Gasteiger partial charge in [0.2, 0.25) is 0 Å². The Hall–Kier alpha value is -2.95. The lowest BCUT2D eigenvalue weighted by molar-refractivity contribution is -0.256. The lowest BCUT2D eigenvalue weighted by Crippen LogP contribution is -2.25. The van der Waals surface area contributed by atoms with Crippen LogP contribution in [-0.4, -0.2) is 17.7 Å². The minimum Gasteiger partial charge on any atom is -0.545 e. The van der Waals surface area contributed by atoms with Gasteiger partial charge >= 0.3 is 0 Å². The Labute approximate surface area is 139 Å². The van der Waals surface area contributed by atoms with E-state index in [9.17, 15) is 24.6 Å². The lowest BCUT2D eigenvalue weighted by atomic mass is 9.89. The van der Waals surface area contributed by atoms with Crippen LogP contribution in [0.25, 0.3) is 0 Å². The van der Waals surface area contributed by atoms with Crippen molar-refractivity contribution in [3.63, 3.8) is 0 Å². The highest BCUT2D eigenvalue weighted by Crippen LogP contribution is 2.23. The lowest BCUT2D eigenvalue weighted by Gasteiger charge is -2.17. The molecule has 0 unspecified atom stereocenters. The van der Waals surface area contributed by atoms with Crippen molar-refractivity contribution in [3.8, 4) is 0 Å². The molecule has 0 heterocycles. The molecule has 0 radical (unpaired) electrons. The van der Waals surface area contributed by atoms with Gasteiger partial charge < -0.3 is 19.8 Å². The fourth-order valence-electron chi connectivity index (χ4n) is 2.82. The summed E-state index contributed by atoms with van der Waals surface area (Å²) in [5, 5.41) is 22.0. The van der Waals surface area contributed by atoms with Crippen LogP contribution in [0.1, 0.15) is 61.6 Å². The number of carboxylic acids is 2. The van der Waals surface area contributed by atoms with Crippen molar-refractivity contribution < 1.29 is 24.6 Å². The van der Waals surface area contributed by atoms with Crippen molar-refractivity contribution in [3.05, 3.63) is 69.8 Å². The minimum atomic E-state index is -1.31. The topological polar surface area (TPSA) is 97.3 Å². The van der Waals surface area contributed by atoms with Crippen LogP contribution in [0, 0.1) is 0 Å². The summed E-state index contributed by atoms with van der Waals surface area (Å²) < 4.78 is 0. The first-order chi connectivity index (χ1) is 11.4. The van der Waals surface area contributed by atoms with Crippen molar-refractivity contribution in [1.29, 1.82) is 0 Å². The fourth-order valence-corrected chi connectivity index (χ4v) is 2.82.